The summed E-state index contributed by atoms with van der Waals surface area (Å²) in [5.41, 5.74) is 5.01. The minimum absolute atomic E-state index is 0.243. The number of hydrogen-bond acceptors (Lipinski definition) is 3. The molecule has 0 aromatic heterocycles. The zero-order valence-corrected chi connectivity index (χ0v) is 9.55. The molecule has 0 aliphatic rings. The molecule has 0 rings (SSSR count). The first kappa shape index (κ1) is 13.4. The highest BCUT2D eigenvalue weighted by atomic mass is 16.1. The molecule has 0 aliphatic heterocycles. The third kappa shape index (κ3) is 6.86. The van der Waals surface area contributed by atoms with Crippen LogP contribution >= 0.6 is 0 Å². The van der Waals surface area contributed by atoms with Crippen molar-refractivity contribution in [1.29, 1.82) is 0 Å². The first-order valence-electron chi connectivity index (χ1n) is 5.27. The van der Waals surface area contributed by atoms with Crippen molar-refractivity contribution in [3.05, 3.63) is 0 Å². The van der Waals surface area contributed by atoms with Crippen LogP contribution in [0.4, 0.5) is 0 Å². The van der Waals surface area contributed by atoms with Gasteiger partial charge in [-0.05, 0) is 20.4 Å². The number of rotatable bonds is 8. The molecule has 0 spiro atoms. The second-order valence-electron chi connectivity index (χ2n) is 3.70. The maximum absolute atomic E-state index is 10.4. The fraction of sp³-hybridized carbons (Fsp3) is 0.900. The van der Waals surface area contributed by atoms with Crippen LogP contribution in [0.25, 0.3) is 0 Å². The molecule has 0 saturated carbocycles. The highest BCUT2D eigenvalue weighted by Gasteiger charge is 2.04. The van der Waals surface area contributed by atoms with Gasteiger partial charge in [0.1, 0.15) is 0 Å². The summed E-state index contributed by atoms with van der Waals surface area (Å²) < 4.78 is 0. The van der Waals surface area contributed by atoms with Gasteiger partial charge in [-0.25, -0.2) is 0 Å². The number of likely N-dealkylation sites (N-methyl/N-ethyl adjacent to an activating group) is 1. The lowest BCUT2D eigenvalue weighted by molar-refractivity contribution is -0.117. The first-order valence-corrected chi connectivity index (χ1v) is 5.27. The highest BCUT2D eigenvalue weighted by molar-refractivity contribution is 5.73. The minimum Gasteiger partial charge on any atom is -0.370 e. The van der Waals surface area contributed by atoms with E-state index < -0.39 is 0 Å². The molecule has 0 heterocycles. The number of carbonyl (C=O) groups excluding carboxylic acids is 1. The predicted octanol–water partition coefficient (Wildman–Crippen LogP) is 0.182. The molecular weight excluding hydrogens is 178 g/mol. The zero-order chi connectivity index (χ0) is 11.0. The second kappa shape index (κ2) is 7.76. The lowest BCUT2D eigenvalue weighted by Gasteiger charge is -2.23. The van der Waals surface area contributed by atoms with E-state index in [0.29, 0.717) is 19.0 Å². The molecule has 3 N–H and O–H groups in total. The number of nitrogens with one attached hydrogen (secondary N) is 1. The average molecular weight is 201 g/mol. The number of carbonyl (C=O) groups is 1. The van der Waals surface area contributed by atoms with E-state index >= 15 is 0 Å². The molecule has 0 saturated heterocycles. The molecule has 1 atom stereocenters. The van der Waals surface area contributed by atoms with Crippen LogP contribution < -0.4 is 11.1 Å². The van der Waals surface area contributed by atoms with Gasteiger partial charge in [-0.15, -0.1) is 0 Å². The van der Waals surface area contributed by atoms with Crippen molar-refractivity contribution in [3.63, 3.8) is 0 Å². The third-order valence-electron chi connectivity index (χ3n) is 2.53. The summed E-state index contributed by atoms with van der Waals surface area (Å²) in [6, 6.07) is 0.618. The van der Waals surface area contributed by atoms with Gasteiger partial charge in [0.25, 0.3) is 0 Å². The molecule has 0 aliphatic carbocycles. The van der Waals surface area contributed by atoms with Crippen LogP contribution in [0.15, 0.2) is 0 Å². The van der Waals surface area contributed by atoms with Gasteiger partial charge in [-0.1, -0.05) is 6.92 Å². The maximum Gasteiger partial charge on any atom is 0.218 e. The number of hydrogen-bond donors (Lipinski definition) is 2. The van der Waals surface area contributed by atoms with Crippen LogP contribution in [0, 0.1) is 0 Å². The lowest BCUT2D eigenvalue weighted by atomic mass is 10.2. The normalized spacial score (nSPS) is 13.1. The Morgan fingerprint density at radius 1 is 1.50 bits per heavy atom. The van der Waals surface area contributed by atoms with E-state index in [1.165, 1.54) is 0 Å². The number of amides is 1. The fourth-order valence-electron chi connectivity index (χ4n) is 1.12. The van der Waals surface area contributed by atoms with Gasteiger partial charge in [0, 0.05) is 32.1 Å². The first-order chi connectivity index (χ1) is 6.57. The monoisotopic (exact) mass is 201 g/mol. The van der Waals surface area contributed by atoms with Crippen molar-refractivity contribution >= 4 is 5.91 Å². The summed E-state index contributed by atoms with van der Waals surface area (Å²) in [5.74, 6) is -0.243. The minimum atomic E-state index is -0.243. The van der Waals surface area contributed by atoms with Gasteiger partial charge in [-0.3, -0.25) is 4.79 Å². The number of nitrogens with two attached hydrogens (primary N) is 1. The van der Waals surface area contributed by atoms with E-state index in [1.54, 1.807) is 0 Å². The van der Waals surface area contributed by atoms with Crippen molar-refractivity contribution in [3.8, 4) is 0 Å². The molecule has 0 aromatic rings. The Bertz CT molecular complexity index is 161. The van der Waals surface area contributed by atoms with Gasteiger partial charge in [0.05, 0.1) is 0 Å². The molecule has 0 bridgehead atoms. The number of primary amides is 1. The van der Waals surface area contributed by atoms with Crippen molar-refractivity contribution in [2.45, 2.75) is 32.7 Å². The van der Waals surface area contributed by atoms with Crippen LogP contribution in [0.3, 0.4) is 0 Å². The molecule has 0 radical (unpaired) electrons. The van der Waals surface area contributed by atoms with Crippen molar-refractivity contribution in [2.75, 3.05) is 26.7 Å². The van der Waals surface area contributed by atoms with Gasteiger partial charge < -0.3 is 16.0 Å². The largest absolute Gasteiger partial charge is 0.370 e. The summed E-state index contributed by atoms with van der Waals surface area (Å²) >= 11 is 0. The fourth-order valence-corrected chi connectivity index (χ4v) is 1.12. The molecule has 1 amide bonds. The van der Waals surface area contributed by atoms with Gasteiger partial charge in [0.2, 0.25) is 5.91 Å². The van der Waals surface area contributed by atoms with Crippen LogP contribution in [0.5, 0.6) is 0 Å². The SMILES string of the molecule is CCC(C)N(C)CCNCCC(N)=O. The van der Waals surface area contributed by atoms with Crippen molar-refractivity contribution < 1.29 is 4.79 Å². The smallest absolute Gasteiger partial charge is 0.218 e. The summed E-state index contributed by atoms with van der Waals surface area (Å²) in [5, 5.41) is 3.18. The molecule has 84 valence electrons. The zero-order valence-electron chi connectivity index (χ0n) is 9.55. The summed E-state index contributed by atoms with van der Waals surface area (Å²) in [6.45, 7) is 7.00. The van der Waals surface area contributed by atoms with Crippen LogP contribution in [0.2, 0.25) is 0 Å². The molecule has 1 unspecified atom stereocenters. The van der Waals surface area contributed by atoms with E-state index in [0.717, 1.165) is 19.5 Å². The standard InChI is InChI=1S/C10H23N3O/c1-4-9(2)13(3)8-7-12-6-5-10(11)14/h9,12H,4-8H2,1-3H3,(H2,11,14). The average Bonchev–Trinajstić information content (AvgIpc) is 2.15. The third-order valence-corrected chi connectivity index (χ3v) is 2.53. The van der Waals surface area contributed by atoms with E-state index in [9.17, 15) is 4.79 Å². The Labute approximate surface area is 86.8 Å². The quantitative estimate of drug-likeness (QED) is 0.551. The van der Waals surface area contributed by atoms with Crippen molar-refractivity contribution in [2.24, 2.45) is 5.73 Å². The Balaban J connectivity index is 3.31. The van der Waals surface area contributed by atoms with Crippen molar-refractivity contribution in [1.82, 2.24) is 10.2 Å². The van der Waals surface area contributed by atoms with E-state index in [4.69, 9.17) is 5.73 Å². The topological polar surface area (TPSA) is 58.4 Å². The molecule has 4 heteroatoms. The van der Waals surface area contributed by atoms with Gasteiger partial charge >= 0.3 is 0 Å². The molecule has 4 nitrogen and oxygen atoms in total. The number of nitrogens with zero attached hydrogens (tertiary/aromatic N) is 1. The van der Waals surface area contributed by atoms with E-state index in [1.807, 2.05) is 0 Å². The Morgan fingerprint density at radius 3 is 2.64 bits per heavy atom. The highest BCUT2D eigenvalue weighted by Crippen LogP contribution is 1.97. The Kier molecular flexibility index (Phi) is 7.42. The van der Waals surface area contributed by atoms with Crippen LogP contribution in [0.1, 0.15) is 26.7 Å². The summed E-state index contributed by atoms with van der Waals surface area (Å²) in [6.07, 6.45) is 1.59. The molecule has 0 fully saturated rings. The maximum atomic E-state index is 10.4. The van der Waals surface area contributed by atoms with E-state index in [2.05, 4.69) is 31.1 Å². The lowest BCUT2D eigenvalue weighted by Crippen LogP contribution is -2.35. The summed E-state index contributed by atoms with van der Waals surface area (Å²) in [7, 11) is 2.12. The Morgan fingerprint density at radius 2 is 2.14 bits per heavy atom. The van der Waals surface area contributed by atoms with Crippen LogP contribution in [-0.2, 0) is 4.79 Å². The second-order valence-corrected chi connectivity index (χ2v) is 3.70. The predicted molar refractivity (Wildman–Crippen MR) is 59.1 cm³/mol. The summed E-state index contributed by atoms with van der Waals surface area (Å²) in [4.78, 5) is 12.7. The Hall–Kier alpha value is -0.610. The van der Waals surface area contributed by atoms with E-state index in [-0.39, 0.29) is 5.91 Å². The molecular formula is C10H23N3O. The molecule has 14 heavy (non-hydrogen) atoms. The van der Waals surface area contributed by atoms with Crippen LogP contribution in [-0.4, -0.2) is 43.5 Å². The van der Waals surface area contributed by atoms with Gasteiger partial charge in [-0.2, -0.15) is 0 Å². The van der Waals surface area contributed by atoms with Gasteiger partial charge in [0.15, 0.2) is 0 Å². The molecule has 0 aromatic carbocycles.